The Kier molecular flexibility index (Phi) is 4.71. The van der Waals surface area contributed by atoms with Gasteiger partial charge in [0.05, 0.1) is 12.6 Å². The number of aliphatic hydroxyl groups is 1. The molecule has 15 heavy (non-hydrogen) atoms. The van der Waals surface area contributed by atoms with Crippen LogP contribution in [0.4, 0.5) is 0 Å². The van der Waals surface area contributed by atoms with Gasteiger partial charge in [-0.15, -0.1) is 0 Å². The number of nitrogens with zero attached hydrogens (tertiary/aromatic N) is 4. The maximum Gasteiger partial charge on any atom is 0.140 e. The fraction of sp³-hybridized carbons (Fsp3) is 0.800. The van der Waals surface area contributed by atoms with E-state index in [1.807, 2.05) is 25.6 Å². The highest BCUT2D eigenvalue weighted by Crippen LogP contribution is 2.01. The monoisotopic (exact) mass is 212 g/mol. The lowest BCUT2D eigenvalue weighted by Crippen LogP contribution is -2.24. The first-order valence-corrected chi connectivity index (χ1v) is 5.36. The molecule has 1 aromatic rings. The van der Waals surface area contributed by atoms with Gasteiger partial charge >= 0.3 is 0 Å². The summed E-state index contributed by atoms with van der Waals surface area (Å²) in [5, 5.41) is 13.3. The molecule has 0 aliphatic carbocycles. The molecular formula is C10H20N4O. The summed E-state index contributed by atoms with van der Waals surface area (Å²) in [7, 11) is 2.02. The lowest BCUT2D eigenvalue weighted by Gasteiger charge is -2.16. The molecule has 1 aromatic heterocycles. The van der Waals surface area contributed by atoms with E-state index in [1.165, 1.54) is 0 Å². The maximum atomic E-state index is 9.17. The summed E-state index contributed by atoms with van der Waals surface area (Å²) in [4.78, 5) is 6.34. The molecule has 1 atom stereocenters. The number of aliphatic hydroxyl groups excluding tert-OH is 1. The number of hydrogen-bond acceptors (Lipinski definition) is 4. The lowest BCUT2D eigenvalue weighted by atomic mass is 10.3. The van der Waals surface area contributed by atoms with Gasteiger partial charge in [-0.25, -0.2) is 9.67 Å². The molecule has 1 heterocycles. The van der Waals surface area contributed by atoms with E-state index in [9.17, 15) is 0 Å². The van der Waals surface area contributed by atoms with Gasteiger partial charge in [0.1, 0.15) is 12.2 Å². The average molecular weight is 212 g/mol. The Hall–Kier alpha value is -0.940. The second kappa shape index (κ2) is 5.82. The SMILES string of the molecule is CCn1ncnc1CN(C)CCC(C)O. The second-order valence-corrected chi connectivity index (χ2v) is 3.87. The predicted molar refractivity (Wildman–Crippen MR) is 58.3 cm³/mol. The molecule has 0 aromatic carbocycles. The lowest BCUT2D eigenvalue weighted by molar-refractivity contribution is 0.161. The van der Waals surface area contributed by atoms with E-state index in [1.54, 1.807) is 6.33 Å². The highest BCUT2D eigenvalue weighted by atomic mass is 16.3. The summed E-state index contributed by atoms with van der Waals surface area (Å²) >= 11 is 0. The molecule has 0 bridgehead atoms. The Labute approximate surface area is 90.7 Å². The Bertz CT molecular complexity index is 285. The van der Waals surface area contributed by atoms with Crippen LogP contribution in [0.5, 0.6) is 0 Å². The van der Waals surface area contributed by atoms with E-state index < -0.39 is 0 Å². The van der Waals surface area contributed by atoms with Crippen LogP contribution in [0.1, 0.15) is 26.1 Å². The third-order valence-corrected chi connectivity index (χ3v) is 2.34. The topological polar surface area (TPSA) is 54.2 Å². The predicted octanol–water partition coefficient (Wildman–Crippen LogP) is 0.501. The largest absolute Gasteiger partial charge is 0.393 e. The quantitative estimate of drug-likeness (QED) is 0.746. The number of hydrogen-bond donors (Lipinski definition) is 1. The highest BCUT2D eigenvalue weighted by Gasteiger charge is 2.07. The van der Waals surface area contributed by atoms with Gasteiger partial charge < -0.3 is 5.11 Å². The Morgan fingerprint density at radius 1 is 1.60 bits per heavy atom. The van der Waals surface area contributed by atoms with Crippen LogP contribution in [0.25, 0.3) is 0 Å². The minimum absolute atomic E-state index is 0.239. The molecule has 1 unspecified atom stereocenters. The van der Waals surface area contributed by atoms with Crippen molar-refractivity contribution in [3.05, 3.63) is 12.2 Å². The molecule has 0 spiro atoms. The first kappa shape index (κ1) is 12.1. The van der Waals surface area contributed by atoms with Crippen molar-refractivity contribution in [1.82, 2.24) is 19.7 Å². The van der Waals surface area contributed by atoms with E-state index >= 15 is 0 Å². The van der Waals surface area contributed by atoms with Crippen molar-refractivity contribution in [3.8, 4) is 0 Å². The van der Waals surface area contributed by atoms with E-state index in [2.05, 4.69) is 15.0 Å². The van der Waals surface area contributed by atoms with Crippen LogP contribution in [-0.4, -0.2) is 44.5 Å². The van der Waals surface area contributed by atoms with E-state index in [0.29, 0.717) is 0 Å². The highest BCUT2D eigenvalue weighted by molar-refractivity contribution is 4.83. The Morgan fingerprint density at radius 2 is 2.33 bits per heavy atom. The first-order valence-electron chi connectivity index (χ1n) is 5.36. The van der Waals surface area contributed by atoms with Crippen molar-refractivity contribution >= 4 is 0 Å². The van der Waals surface area contributed by atoms with E-state index in [4.69, 9.17) is 5.11 Å². The van der Waals surface area contributed by atoms with Crippen LogP contribution in [-0.2, 0) is 13.1 Å². The fourth-order valence-electron chi connectivity index (χ4n) is 1.40. The first-order chi connectivity index (χ1) is 7.13. The third-order valence-electron chi connectivity index (χ3n) is 2.34. The smallest absolute Gasteiger partial charge is 0.140 e. The molecule has 86 valence electrons. The van der Waals surface area contributed by atoms with Crippen LogP contribution in [0.15, 0.2) is 6.33 Å². The molecule has 0 aliphatic heterocycles. The zero-order valence-corrected chi connectivity index (χ0v) is 9.72. The summed E-state index contributed by atoms with van der Waals surface area (Å²) in [5.41, 5.74) is 0. The molecule has 0 saturated carbocycles. The fourth-order valence-corrected chi connectivity index (χ4v) is 1.40. The standard InChI is InChI=1S/C10H20N4O/c1-4-14-10(11-8-12-14)7-13(3)6-5-9(2)15/h8-9,15H,4-7H2,1-3H3. The molecule has 1 rings (SSSR count). The van der Waals surface area contributed by atoms with Crippen LogP contribution < -0.4 is 0 Å². The van der Waals surface area contributed by atoms with Crippen LogP contribution >= 0.6 is 0 Å². The maximum absolute atomic E-state index is 9.17. The third kappa shape index (κ3) is 3.97. The average Bonchev–Trinajstić information content (AvgIpc) is 2.62. The molecule has 0 saturated heterocycles. The van der Waals surface area contributed by atoms with Gasteiger partial charge in [0.15, 0.2) is 0 Å². The summed E-state index contributed by atoms with van der Waals surface area (Å²) in [6.07, 6.45) is 2.13. The normalized spacial score (nSPS) is 13.4. The molecule has 0 aliphatic rings. The van der Waals surface area contributed by atoms with Crippen molar-refractivity contribution in [2.24, 2.45) is 0 Å². The number of aromatic nitrogens is 3. The molecule has 1 N–H and O–H groups in total. The van der Waals surface area contributed by atoms with E-state index in [0.717, 1.165) is 31.9 Å². The van der Waals surface area contributed by atoms with Gasteiger partial charge in [0.25, 0.3) is 0 Å². The Balaban J connectivity index is 2.40. The van der Waals surface area contributed by atoms with Crippen molar-refractivity contribution in [3.63, 3.8) is 0 Å². The van der Waals surface area contributed by atoms with Crippen molar-refractivity contribution < 1.29 is 5.11 Å². The van der Waals surface area contributed by atoms with Gasteiger partial charge in [-0.1, -0.05) is 0 Å². The second-order valence-electron chi connectivity index (χ2n) is 3.87. The van der Waals surface area contributed by atoms with Gasteiger partial charge in [-0.05, 0) is 27.3 Å². The zero-order valence-electron chi connectivity index (χ0n) is 9.72. The van der Waals surface area contributed by atoms with Gasteiger partial charge in [-0.2, -0.15) is 5.10 Å². The van der Waals surface area contributed by atoms with E-state index in [-0.39, 0.29) is 6.10 Å². The van der Waals surface area contributed by atoms with Gasteiger partial charge in [0.2, 0.25) is 0 Å². The molecule has 0 amide bonds. The summed E-state index contributed by atoms with van der Waals surface area (Å²) in [6.45, 7) is 6.35. The minimum atomic E-state index is -0.239. The van der Waals surface area contributed by atoms with Crippen LogP contribution in [0.2, 0.25) is 0 Å². The molecule has 5 nitrogen and oxygen atoms in total. The van der Waals surface area contributed by atoms with Crippen molar-refractivity contribution in [2.45, 2.75) is 39.5 Å². The van der Waals surface area contributed by atoms with Crippen molar-refractivity contribution in [2.75, 3.05) is 13.6 Å². The van der Waals surface area contributed by atoms with Gasteiger partial charge in [0, 0.05) is 13.1 Å². The van der Waals surface area contributed by atoms with Crippen LogP contribution in [0.3, 0.4) is 0 Å². The van der Waals surface area contributed by atoms with Gasteiger partial charge in [-0.3, -0.25) is 4.90 Å². The summed E-state index contributed by atoms with van der Waals surface area (Å²) in [5.74, 6) is 0.977. The van der Waals surface area contributed by atoms with Crippen LogP contribution in [0, 0.1) is 0 Å². The number of rotatable bonds is 6. The molecule has 0 radical (unpaired) electrons. The summed E-state index contributed by atoms with van der Waals surface area (Å²) < 4.78 is 1.89. The molecular weight excluding hydrogens is 192 g/mol. The Morgan fingerprint density at radius 3 is 2.93 bits per heavy atom. The molecule has 0 fully saturated rings. The molecule has 5 heteroatoms. The van der Waals surface area contributed by atoms with Crippen molar-refractivity contribution in [1.29, 1.82) is 0 Å². The summed E-state index contributed by atoms with van der Waals surface area (Å²) in [6, 6.07) is 0. The number of aryl methyl sites for hydroxylation is 1. The zero-order chi connectivity index (χ0) is 11.3. The minimum Gasteiger partial charge on any atom is -0.393 e.